The van der Waals surface area contributed by atoms with Gasteiger partial charge in [-0.05, 0) is 62.2 Å². The fraction of sp³-hybridized carbons (Fsp3) is 0.318. The first-order chi connectivity index (χ1) is 14.4. The second kappa shape index (κ2) is 9.75. The number of esters is 1. The van der Waals surface area contributed by atoms with E-state index in [1.54, 1.807) is 37.3 Å². The topological polar surface area (TPSA) is 95.9 Å². The molecule has 1 aliphatic heterocycles. The van der Waals surface area contributed by atoms with Crippen LogP contribution < -0.4 is 10.2 Å². The van der Waals surface area contributed by atoms with Crippen LogP contribution in [-0.4, -0.2) is 42.6 Å². The molecule has 2 aromatic rings. The van der Waals surface area contributed by atoms with E-state index in [4.69, 9.17) is 4.74 Å². The van der Waals surface area contributed by atoms with Crippen molar-refractivity contribution in [3.8, 4) is 0 Å². The Hall–Kier alpha value is -2.87. The number of carboxylic acid groups (broad SMARTS) is 1. The SMILES string of the molecule is CCOC(=O)C1CCN(c2ccc(C(=O)O)cc2NC(=O)c2ccc(Br)cc2)CC1. The molecular weight excluding hydrogens is 452 g/mol. The van der Waals surface area contributed by atoms with E-state index >= 15 is 0 Å². The summed E-state index contributed by atoms with van der Waals surface area (Å²) in [5.74, 6) is -1.71. The number of halogens is 1. The summed E-state index contributed by atoms with van der Waals surface area (Å²) in [5.41, 5.74) is 1.71. The standard InChI is InChI=1S/C22H23BrN2O5/c1-2-30-22(29)15-9-11-25(12-10-15)19-8-5-16(21(27)28)13-18(19)24-20(26)14-3-6-17(23)7-4-14/h3-8,13,15H,2,9-12H2,1H3,(H,24,26)(H,27,28). The molecule has 0 saturated carbocycles. The first-order valence-electron chi connectivity index (χ1n) is 9.75. The van der Waals surface area contributed by atoms with Gasteiger partial charge in [0.25, 0.3) is 5.91 Å². The summed E-state index contributed by atoms with van der Waals surface area (Å²) in [6.45, 7) is 3.37. The quantitative estimate of drug-likeness (QED) is 0.609. The number of nitrogens with zero attached hydrogens (tertiary/aromatic N) is 1. The van der Waals surface area contributed by atoms with E-state index in [0.29, 0.717) is 43.8 Å². The number of carbonyl (C=O) groups is 3. The van der Waals surface area contributed by atoms with Crippen LogP contribution in [0.3, 0.4) is 0 Å². The highest BCUT2D eigenvalue weighted by Gasteiger charge is 2.27. The number of hydrogen-bond donors (Lipinski definition) is 2. The van der Waals surface area contributed by atoms with Gasteiger partial charge in [0.1, 0.15) is 0 Å². The van der Waals surface area contributed by atoms with Gasteiger partial charge in [-0.25, -0.2) is 4.79 Å². The maximum absolute atomic E-state index is 12.7. The lowest BCUT2D eigenvalue weighted by molar-refractivity contribution is -0.148. The molecule has 0 atom stereocenters. The van der Waals surface area contributed by atoms with Crippen molar-refractivity contribution in [3.63, 3.8) is 0 Å². The minimum absolute atomic E-state index is 0.0891. The number of ether oxygens (including phenoxy) is 1. The van der Waals surface area contributed by atoms with E-state index in [-0.39, 0.29) is 23.4 Å². The number of anilines is 2. The highest BCUT2D eigenvalue weighted by molar-refractivity contribution is 9.10. The van der Waals surface area contributed by atoms with Crippen molar-refractivity contribution >= 4 is 45.2 Å². The molecule has 0 unspecified atom stereocenters. The molecule has 3 rings (SSSR count). The van der Waals surface area contributed by atoms with Crippen LogP contribution in [0.1, 0.15) is 40.5 Å². The Bertz CT molecular complexity index is 937. The van der Waals surface area contributed by atoms with Crippen LogP contribution in [0.5, 0.6) is 0 Å². The van der Waals surface area contributed by atoms with Crippen LogP contribution in [0, 0.1) is 5.92 Å². The van der Waals surface area contributed by atoms with Gasteiger partial charge in [-0.1, -0.05) is 15.9 Å². The minimum atomic E-state index is -1.07. The third-order valence-corrected chi connectivity index (χ3v) is 5.58. The maximum Gasteiger partial charge on any atom is 0.335 e. The third kappa shape index (κ3) is 5.18. The summed E-state index contributed by atoms with van der Waals surface area (Å²) < 4.78 is 5.97. The van der Waals surface area contributed by atoms with Crippen molar-refractivity contribution in [3.05, 3.63) is 58.1 Å². The summed E-state index contributed by atoms with van der Waals surface area (Å²) in [6, 6.07) is 11.6. The molecule has 1 aliphatic rings. The van der Waals surface area contributed by atoms with Crippen molar-refractivity contribution in [1.29, 1.82) is 0 Å². The molecule has 0 aromatic heterocycles. The zero-order valence-electron chi connectivity index (χ0n) is 16.6. The summed E-state index contributed by atoms with van der Waals surface area (Å²) in [4.78, 5) is 38.2. The fourth-order valence-corrected chi connectivity index (χ4v) is 3.72. The Morgan fingerprint density at radius 1 is 1.10 bits per heavy atom. The van der Waals surface area contributed by atoms with Crippen molar-refractivity contribution in [2.24, 2.45) is 5.92 Å². The Kier molecular flexibility index (Phi) is 7.10. The molecule has 1 amide bonds. The molecule has 0 spiro atoms. The van der Waals surface area contributed by atoms with Crippen LogP contribution >= 0.6 is 15.9 Å². The Labute approximate surface area is 183 Å². The number of nitrogens with one attached hydrogen (secondary N) is 1. The Morgan fingerprint density at radius 2 is 1.73 bits per heavy atom. The summed E-state index contributed by atoms with van der Waals surface area (Å²) in [7, 11) is 0. The maximum atomic E-state index is 12.7. The number of hydrogen-bond acceptors (Lipinski definition) is 5. The molecule has 2 N–H and O–H groups in total. The van der Waals surface area contributed by atoms with Crippen molar-refractivity contribution in [2.75, 3.05) is 29.9 Å². The second-order valence-corrected chi connectivity index (χ2v) is 7.93. The highest BCUT2D eigenvalue weighted by Crippen LogP contribution is 2.32. The molecule has 158 valence electrons. The van der Waals surface area contributed by atoms with E-state index in [0.717, 1.165) is 10.2 Å². The van der Waals surface area contributed by atoms with Gasteiger partial charge >= 0.3 is 11.9 Å². The molecule has 8 heteroatoms. The zero-order chi connectivity index (χ0) is 21.7. The largest absolute Gasteiger partial charge is 0.478 e. The summed E-state index contributed by atoms with van der Waals surface area (Å²) in [6.07, 6.45) is 1.28. The van der Waals surface area contributed by atoms with E-state index < -0.39 is 5.97 Å². The lowest BCUT2D eigenvalue weighted by Crippen LogP contribution is -2.37. The number of rotatable bonds is 6. The average Bonchev–Trinajstić information content (AvgIpc) is 2.74. The van der Waals surface area contributed by atoms with Crippen LogP contribution in [0.4, 0.5) is 11.4 Å². The van der Waals surface area contributed by atoms with Gasteiger partial charge in [0.15, 0.2) is 0 Å². The first kappa shape index (κ1) is 21.8. The van der Waals surface area contributed by atoms with Gasteiger partial charge < -0.3 is 20.1 Å². The fourth-order valence-electron chi connectivity index (χ4n) is 3.46. The van der Waals surface area contributed by atoms with Gasteiger partial charge in [0, 0.05) is 23.1 Å². The monoisotopic (exact) mass is 474 g/mol. The molecule has 0 radical (unpaired) electrons. The third-order valence-electron chi connectivity index (χ3n) is 5.05. The molecular formula is C22H23BrN2O5. The number of piperidine rings is 1. The van der Waals surface area contributed by atoms with E-state index in [9.17, 15) is 19.5 Å². The van der Waals surface area contributed by atoms with Crippen LogP contribution in [0.15, 0.2) is 46.9 Å². The molecule has 2 aromatic carbocycles. The number of benzene rings is 2. The number of carbonyl (C=O) groups excluding carboxylic acids is 2. The molecule has 30 heavy (non-hydrogen) atoms. The molecule has 1 heterocycles. The molecule has 0 bridgehead atoms. The lowest BCUT2D eigenvalue weighted by atomic mass is 9.96. The van der Waals surface area contributed by atoms with Gasteiger partial charge in [0.2, 0.25) is 0 Å². The van der Waals surface area contributed by atoms with E-state index in [1.165, 1.54) is 12.1 Å². The van der Waals surface area contributed by atoms with Crippen molar-refractivity contribution in [2.45, 2.75) is 19.8 Å². The highest BCUT2D eigenvalue weighted by atomic mass is 79.9. The molecule has 1 fully saturated rings. The zero-order valence-corrected chi connectivity index (χ0v) is 18.1. The normalized spacial score (nSPS) is 14.3. The second-order valence-electron chi connectivity index (χ2n) is 7.01. The summed E-state index contributed by atoms with van der Waals surface area (Å²) >= 11 is 3.34. The Balaban J connectivity index is 1.81. The van der Waals surface area contributed by atoms with Crippen LogP contribution in [-0.2, 0) is 9.53 Å². The van der Waals surface area contributed by atoms with Gasteiger partial charge in [-0.15, -0.1) is 0 Å². The number of carboxylic acids is 1. The van der Waals surface area contributed by atoms with E-state index in [2.05, 4.69) is 26.1 Å². The van der Waals surface area contributed by atoms with Gasteiger partial charge in [-0.2, -0.15) is 0 Å². The Morgan fingerprint density at radius 3 is 2.33 bits per heavy atom. The summed E-state index contributed by atoms with van der Waals surface area (Å²) in [5, 5.41) is 12.2. The van der Waals surface area contributed by atoms with Crippen molar-refractivity contribution in [1.82, 2.24) is 0 Å². The smallest absolute Gasteiger partial charge is 0.335 e. The lowest BCUT2D eigenvalue weighted by Gasteiger charge is -2.34. The minimum Gasteiger partial charge on any atom is -0.478 e. The van der Waals surface area contributed by atoms with Crippen LogP contribution in [0.25, 0.3) is 0 Å². The predicted molar refractivity (Wildman–Crippen MR) is 117 cm³/mol. The van der Waals surface area contributed by atoms with E-state index in [1.807, 2.05) is 0 Å². The van der Waals surface area contributed by atoms with Gasteiger partial charge in [-0.3, -0.25) is 9.59 Å². The molecule has 1 saturated heterocycles. The average molecular weight is 475 g/mol. The van der Waals surface area contributed by atoms with Crippen LogP contribution in [0.2, 0.25) is 0 Å². The number of amides is 1. The molecule has 7 nitrogen and oxygen atoms in total. The first-order valence-corrected chi connectivity index (χ1v) is 10.5. The number of aromatic carboxylic acids is 1. The van der Waals surface area contributed by atoms with Crippen molar-refractivity contribution < 1.29 is 24.2 Å². The van der Waals surface area contributed by atoms with Gasteiger partial charge in [0.05, 0.1) is 29.5 Å². The molecule has 0 aliphatic carbocycles. The predicted octanol–water partition coefficient (Wildman–Crippen LogP) is 4.18.